The Balaban J connectivity index is 1.49. The third-order valence-electron chi connectivity index (χ3n) is 11.0. The van der Waals surface area contributed by atoms with Gasteiger partial charge in [0, 0.05) is 54.3 Å². The van der Waals surface area contributed by atoms with Crippen LogP contribution in [0.25, 0.3) is 32.9 Å². The average Bonchev–Trinajstić information content (AvgIpc) is 3.89. The topological polar surface area (TPSA) is 86.4 Å². The summed E-state index contributed by atoms with van der Waals surface area (Å²) >= 11 is 0. The number of carbonyl (C=O) groups excluding carboxylic acids is 1. The quantitative estimate of drug-likeness (QED) is 0.206. The zero-order valence-electron chi connectivity index (χ0n) is 28.7. The van der Waals surface area contributed by atoms with Crippen molar-refractivity contribution in [3.63, 3.8) is 0 Å². The summed E-state index contributed by atoms with van der Waals surface area (Å²) < 4.78 is 26.3. The number of nitrogens with one attached hydrogen (secondary N) is 1. The molecule has 0 spiro atoms. The van der Waals surface area contributed by atoms with Gasteiger partial charge in [0.1, 0.15) is 18.2 Å². The lowest BCUT2D eigenvalue weighted by atomic mass is 9.90. The number of hydrogen-bond acceptors (Lipinski definition) is 6. The Kier molecular flexibility index (Phi) is 9.14. The van der Waals surface area contributed by atoms with Crippen LogP contribution in [0.15, 0.2) is 30.3 Å². The van der Waals surface area contributed by atoms with E-state index in [1.54, 1.807) is 6.92 Å². The van der Waals surface area contributed by atoms with Gasteiger partial charge in [-0.3, -0.25) is 4.79 Å². The number of carbonyl (C=O) groups is 1. The summed E-state index contributed by atoms with van der Waals surface area (Å²) in [5, 5.41) is 15.4. The van der Waals surface area contributed by atoms with Gasteiger partial charge in [0.2, 0.25) is 11.8 Å². The second-order valence-electron chi connectivity index (χ2n) is 14.1. The van der Waals surface area contributed by atoms with E-state index in [4.69, 9.17) is 9.72 Å². The SMILES string of the molecule is CCCCc1cccc(-c2c(C)cc3c(nc(OCC4CCCN4C)c4cc(C5CCCN5C(C)=O)n(C5CCNC5)c43)c2F)c1C#N. The molecule has 9 heteroatoms. The van der Waals surface area contributed by atoms with E-state index in [2.05, 4.69) is 47.0 Å². The van der Waals surface area contributed by atoms with Crippen molar-refractivity contribution < 1.29 is 13.9 Å². The summed E-state index contributed by atoms with van der Waals surface area (Å²) in [6.45, 7) is 9.64. The second-order valence-corrected chi connectivity index (χ2v) is 14.1. The molecule has 8 nitrogen and oxygen atoms in total. The summed E-state index contributed by atoms with van der Waals surface area (Å²) in [5.41, 5.74) is 5.51. The fraction of sp³-hybridized carbons (Fsp3) is 0.513. The van der Waals surface area contributed by atoms with Gasteiger partial charge in [0.15, 0.2) is 5.82 Å². The number of nitrogens with zero attached hydrogens (tertiary/aromatic N) is 5. The molecule has 1 amide bonds. The standard InChI is InChI=1S/C39H47FN6O2/c1-5-6-10-26-11-7-13-29(32(26)21-41)35-24(2)19-30-37(36(35)40)43-39(48-23-28-12-8-17-44(28)4)31-20-34(33-14-9-18-45(33)25(3)47)46(38(30)31)27-15-16-42-22-27/h7,11,13,19-20,27-28,33,42H,5-6,8-10,12,14-18,22-23H2,1-4H3. The number of hydrogen-bond donors (Lipinski definition) is 1. The number of ether oxygens (including phenoxy) is 1. The molecule has 3 atom stereocenters. The van der Waals surface area contributed by atoms with Crippen LogP contribution in [0.1, 0.15) is 93.3 Å². The third-order valence-corrected chi connectivity index (χ3v) is 11.0. The molecule has 4 aromatic rings. The molecule has 0 aliphatic carbocycles. The molecule has 252 valence electrons. The minimum atomic E-state index is -0.427. The van der Waals surface area contributed by atoms with Crippen LogP contribution in [-0.2, 0) is 11.2 Å². The van der Waals surface area contributed by atoms with Gasteiger partial charge >= 0.3 is 0 Å². The number of aryl methyl sites for hydroxylation is 2. The molecular formula is C39H47FN6O2. The van der Waals surface area contributed by atoms with E-state index in [1.807, 2.05) is 30.0 Å². The number of likely N-dealkylation sites (tertiary alicyclic amines) is 2. The molecule has 0 bridgehead atoms. The Labute approximate surface area is 282 Å². The highest BCUT2D eigenvalue weighted by molar-refractivity contribution is 6.08. The fourth-order valence-electron chi connectivity index (χ4n) is 8.48. The normalized spacial score (nSPS) is 21.5. The van der Waals surface area contributed by atoms with E-state index in [9.17, 15) is 10.1 Å². The summed E-state index contributed by atoms with van der Waals surface area (Å²) in [7, 11) is 2.12. The van der Waals surface area contributed by atoms with Crippen LogP contribution in [0.3, 0.4) is 0 Å². The van der Waals surface area contributed by atoms with E-state index in [0.717, 1.165) is 111 Å². The summed E-state index contributed by atoms with van der Waals surface area (Å²) in [4.78, 5) is 22.1. The number of rotatable bonds is 9. The van der Waals surface area contributed by atoms with Crippen LogP contribution in [0.5, 0.6) is 5.88 Å². The van der Waals surface area contributed by atoms with Crippen molar-refractivity contribution in [2.45, 2.75) is 90.3 Å². The monoisotopic (exact) mass is 650 g/mol. The molecule has 3 saturated heterocycles. The maximum absolute atomic E-state index is 17.3. The van der Waals surface area contributed by atoms with Gasteiger partial charge in [-0.15, -0.1) is 0 Å². The predicted molar refractivity (Wildman–Crippen MR) is 188 cm³/mol. The summed E-state index contributed by atoms with van der Waals surface area (Å²) in [6.07, 6.45) is 7.69. The molecular weight excluding hydrogens is 603 g/mol. The van der Waals surface area contributed by atoms with Crippen LogP contribution in [0.4, 0.5) is 4.39 Å². The minimum Gasteiger partial charge on any atom is -0.476 e. The Bertz CT molecular complexity index is 1900. The zero-order chi connectivity index (χ0) is 33.5. The highest BCUT2D eigenvalue weighted by atomic mass is 19.1. The minimum absolute atomic E-state index is 0.0615. The van der Waals surface area contributed by atoms with Crippen molar-refractivity contribution in [3.8, 4) is 23.1 Å². The highest BCUT2D eigenvalue weighted by Gasteiger charge is 2.35. The number of amides is 1. The number of halogens is 1. The smallest absolute Gasteiger partial charge is 0.223 e. The Hall–Kier alpha value is -4.00. The van der Waals surface area contributed by atoms with Crippen LogP contribution in [0, 0.1) is 24.1 Å². The Morgan fingerprint density at radius 3 is 2.71 bits per heavy atom. The van der Waals surface area contributed by atoms with Crippen molar-refractivity contribution in [1.82, 2.24) is 24.7 Å². The maximum Gasteiger partial charge on any atom is 0.223 e. The lowest BCUT2D eigenvalue weighted by Gasteiger charge is -2.27. The number of nitriles is 1. The first kappa shape index (κ1) is 32.5. The molecule has 3 aliphatic rings. The number of benzene rings is 2. The van der Waals surface area contributed by atoms with Crippen molar-refractivity contribution in [2.24, 2.45) is 0 Å². The number of likely N-dealkylation sites (N-methyl/N-ethyl adjacent to an activating group) is 1. The molecule has 2 aromatic heterocycles. The first-order valence-electron chi connectivity index (χ1n) is 17.8. The van der Waals surface area contributed by atoms with Gasteiger partial charge in [-0.25, -0.2) is 9.37 Å². The van der Waals surface area contributed by atoms with Crippen LogP contribution in [-0.4, -0.2) is 71.1 Å². The Morgan fingerprint density at radius 2 is 2.00 bits per heavy atom. The zero-order valence-corrected chi connectivity index (χ0v) is 28.7. The van der Waals surface area contributed by atoms with Gasteiger partial charge in [-0.1, -0.05) is 31.5 Å². The fourth-order valence-corrected chi connectivity index (χ4v) is 8.48. The van der Waals surface area contributed by atoms with Crippen molar-refractivity contribution >= 4 is 27.7 Å². The molecule has 5 heterocycles. The number of unbranched alkanes of at least 4 members (excludes halogenated alkanes) is 1. The van der Waals surface area contributed by atoms with Crippen molar-refractivity contribution in [1.29, 1.82) is 5.26 Å². The molecule has 1 N–H and O–H groups in total. The molecule has 3 fully saturated rings. The molecule has 3 aliphatic heterocycles. The third kappa shape index (κ3) is 5.63. The molecule has 0 saturated carbocycles. The maximum atomic E-state index is 17.3. The van der Waals surface area contributed by atoms with Crippen LogP contribution in [0.2, 0.25) is 0 Å². The average molecular weight is 651 g/mol. The van der Waals surface area contributed by atoms with Gasteiger partial charge < -0.3 is 24.4 Å². The molecule has 48 heavy (non-hydrogen) atoms. The van der Waals surface area contributed by atoms with Gasteiger partial charge in [-0.05, 0) is 95.3 Å². The van der Waals surface area contributed by atoms with Gasteiger partial charge in [0.05, 0.1) is 22.5 Å². The highest BCUT2D eigenvalue weighted by Crippen LogP contribution is 2.45. The van der Waals surface area contributed by atoms with Crippen molar-refractivity contribution in [2.75, 3.05) is 39.8 Å². The first-order valence-corrected chi connectivity index (χ1v) is 17.8. The van der Waals surface area contributed by atoms with E-state index in [0.29, 0.717) is 29.2 Å². The number of fused-ring (bicyclic) bond motifs is 3. The van der Waals surface area contributed by atoms with E-state index >= 15 is 4.39 Å². The van der Waals surface area contributed by atoms with E-state index in [-0.39, 0.29) is 29.5 Å². The number of aromatic nitrogens is 2. The lowest BCUT2D eigenvalue weighted by molar-refractivity contribution is -0.129. The van der Waals surface area contributed by atoms with E-state index < -0.39 is 5.82 Å². The van der Waals surface area contributed by atoms with Crippen LogP contribution >= 0.6 is 0 Å². The van der Waals surface area contributed by atoms with E-state index in [1.165, 1.54) is 0 Å². The molecule has 0 radical (unpaired) electrons. The predicted octanol–water partition coefficient (Wildman–Crippen LogP) is 7.21. The van der Waals surface area contributed by atoms with Crippen LogP contribution < -0.4 is 10.1 Å². The van der Waals surface area contributed by atoms with Gasteiger partial charge in [0.25, 0.3) is 0 Å². The molecule has 3 unspecified atom stereocenters. The largest absolute Gasteiger partial charge is 0.476 e. The Morgan fingerprint density at radius 1 is 1.17 bits per heavy atom. The number of pyridine rings is 1. The lowest BCUT2D eigenvalue weighted by Crippen LogP contribution is -2.30. The molecule has 2 aromatic carbocycles. The van der Waals surface area contributed by atoms with Crippen molar-refractivity contribution in [3.05, 3.63) is 58.5 Å². The second kappa shape index (κ2) is 13.5. The summed E-state index contributed by atoms with van der Waals surface area (Å²) in [6, 6.07) is 12.8. The summed E-state index contributed by atoms with van der Waals surface area (Å²) in [5.74, 6) is 0.0783. The molecule has 7 rings (SSSR count). The first-order chi connectivity index (χ1) is 23.3. The van der Waals surface area contributed by atoms with Gasteiger partial charge in [-0.2, -0.15) is 5.26 Å².